The van der Waals surface area contributed by atoms with Crippen LogP contribution in [0.3, 0.4) is 0 Å². The highest BCUT2D eigenvalue weighted by Gasteiger charge is 2.31. The largest absolute Gasteiger partial charge is 0.353 e. The van der Waals surface area contributed by atoms with Crippen LogP contribution in [-0.4, -0.2) is 48.9 Å². The van der Waals surface area contributed by atoms with Gasteiger partial charge >= 0.3 is 0 Å². The van der Waals surface area contributed by atoms with Gasteiger partial charge in [0.25, 0.3) is 0 Å². The summed E-state index contributed by atoms with van der Waals surface area (Å²) in [6, 6.07) is -0.286. The Morgan fingerprint density at radius 1 is 1.39 bits per heavy atom. The lowest BCUT2D eigenvalue weighted by Gasteiger charge is -2.25. The molecule has 18 heavy (non-hydrogen) atoms. The Morgan fingerprint density at radius 2 is 2.11 bits per heavy atom. The zero-order chi connectivity index (χ0) is 12.7. The molecule has 5 nitrogen and oxygen atoms in total. The van der Waals surface area contributed by atoms with E-state index in [0.717, 1.165) is 26.1 Å². The third-order valence-corrected chi connectivity index (χ3v) is 3.03. The molecule has 0 radical (unpaired) electrons. The van der Waals surface area contributed by atoms with Crippen molar-refractivity contribution in [2.24, 2.45) is 0 Å². The number of rotatable bonds is 7. The summed E-state index contributed by atoms with van der Waals surface area (Å²) < 4.78 is 0. The molecular formula is C12H24ClN3O2. The molecule has 1 unspecified atom stereocenters. The maximum Gasteiger partial charge on any atom is 0.242 e. The molecule has 0 bridgehead atoms. The molecule has 6 heteroatoms. The van der Waals surface area contributed by atoms with Crippen molar-refractivity contribution in [3.8, 4) is 0 Å². The topological polar surface area (TPSA) is 61.4 Å². The summed E-state index contributed by atoms with van der Waals surface area (Å²) in [4.78, 5) is 25.2. The van der Waals surface area contributed by atoms with E-state index in [1.807, 2.05) is 13.8 Å². The van der Waals surface area contributed by atoms with Gasteiger partial charge < -0.3 is 15.5 Å². The molecule has 2 N–H and O–H groups in total. The smallest absolute Gasteiger partial charge is 0.242 e. The predicted molar refractivity (Wildman–Crippen MR) is 73.8 cm³/mol. The predicted octanol–water partition coefficient (Wildman–Crippen LogP) is 0.535. The molecule has 1 atom stereocenters. The average Bonchev–Trinajstić information content (AvgIpc) is 2.72. The number of amides is 2. The van der Waals surface area contributed by atoms with Crippen LogP contribution in [0.25, 0.3) is 0 Å². The van der Waals surface area contributed by atoms with Crippen LogP contribution in [0.4, 0.5) is 0 Å². The molecule has 1 heterocycles. The van der Waals surface area contributed by atoms with Crippen LogP contribution < -0.4 is 10.6 Å². The van der Waals surface area contributed by atoms with Crippen molar-refractivity contribution in [2.75, 3.05) is 26.2 Å². The molecule has 1 fully saturated rings. The fourth-order valence-corrected chi connectivity index (χ4v) is 2.11. The Labute approximate surface area is 115 Å². The lowest BCUT2D eigenvalue weighted by Crippen LogP contribution is -2.48. The summed E-state index contributed by atoms with van der Waals surface area (Å²) in [7, 11) is 0. The van der Waals surface area contributed by atoms with Gasteiger partial charge in [-0.25, -0.2) is 0 Å². The molecule has 1 rings (SSSR count). The van der Waals surface area contributed by atoms with Gasteiger partial charge in [0.2, 0.25) is 11.8 Å². The SMILES string of the molecule is CCNCCNC(=O)C(CC)N1CCCC1=O.Cl. The van der Waals surface area contributed by atoms with Gasteiger partial charge in [-0.05, 0) is 19.4 Å². The first-order chi connectivity index (χ1) is 8.20. The molecule has 0 saturated carbocycles. The highest BCUT2D eigenvalue weighted by Crippen LogP contribution is 2.15. The first kappa shape index (κ1) is 17.2. The van der Waals surface area contributed by atoms with E-state index in [-0.39, 0.29) is 30.3 Å². The zero-order valence-electron chi connectivity index (χ0n) is 11.2. The van der Waals surface area contributed by atoms with E-state index < -0.39 is 0 Å². The van der Waals surface area contributed by atoms with Crippen molar-refractivity contribution >= 4 is 24.2 Å². The van der Waals surface area contributed by atoms with Crippen molar-refractivity contribution < 1.29 is 9.59 Å². The van der Waals surface area contributed by atoms with Gasteiger partial charge in [-0.2, -0.15) is 0 Å². The number of carbonyl (C=O) groups excluding carboxylic acids is 2. The van der Waals surface area contributed by atoms with Crippen LogP contribution in [0, 0.1) is 0 Å². The number of halogens is 1. The third kappa shape index (κ3) is 4.82. The molecule has 0 spiro atoms. The fraction of sp³-hybridized carbons (Fsp3) is 0.833. The quantitative estimate of drug-likeness (QED) is 0.668. The van der Waals surface area contributed by atoms with Crippen molar-refractivity contribution in [2.45, 2.75) is 39.2 Å². The van der Waals surface area contributed by atoms with Crippen molar-refractivity contribution in [3.63, 3.8) is 0 Å². The average molecular weight is 278 g/mol. The fourth-order valence-electron chi connectivity index (χ4n) is 2.11. The number of likely N-dealkylation sites (tertiary alicyclic amines) is 1. The lowest BCUT2D eigenvalue weighted by molar-refractivity contribution is -0.137. The second-order valence-electron chi connectivity index (χ2n) is 4.26. The van der Waals surface area contributed by atoms with Gasteiger partial charge in [0.05, 0.1) is 0 Å². The van der Waals surface area contributed by atoms with Crippen molar-refractivity contribution in [1.82, 2.24) is 15.5 Å². The Bertz CT molecular complexity index is 274. The number of likely N-dealkylation sites (N-methyl/N-ethyl adjacent to an activating group) is 1. The van der Waals surface area contributed by atoms with E-state index in [2.05, 4.69) is 10.6 Å². The van der Waals surface area contributed by atoms with Gasteiger partial charge in [-0.3, -0.25) is 9.59 Å². The first-order valence-electron chi connectivity index (χ1n) is 6.48. The van der Waals surface area contributed by atoms with Gasteiger partial charge in [-0.15, -0.1) is 12.4 Å². The number of hydrogen-bond donors (Lipinski definition) is 2. The number of nitrogens with zero attached hydrogens (tertiary/aromatic N) is 1. The standard InChI is InChI=1S/C12H23N3O2.ClH/c1-3-10(15-9-5-6-11(15)16)12(17)14-8-7-13-4-2;/h10,13H,3-9H2,1-2H3,(H,14,17);1H. The normalized spacial score (nSPS) is 16.3. The van der Waals surface area contributed by atoms with Gasteiger partial charge in [0, 0.05) is 26.1 Å². The summed E-state index contributed by atoms with van der Waals surface area (Å²) in [6.07, 6.45) is 2.14. The monoisotopic (exact) mass is 277 g/mol. The molecule has 0 aromatic carbocycles. The van der Waals surface area contributed by atoms with Crippen molar-refractivity contribution in [1.29, 1.82) is 0 Å². The maximum absolute atomic E-state index is 11.9. The molecular weight excluding hydrogens is 254 g/mol. The van der Waals surface area contributed by atoms with E-state index in [4.69, 9.17) is 0 Å². The summed E-state index contributed by atoms with van der Waals surface area (Å²) in [6.45, 7) is 6.98. The van der Waals surface area contributed by atoms with Gasteiger partial charge in [0.15, 0.2) is 0 Å². The molecule has 2 amide bonds. The number of carbonyl (C=O) groups is 2. The zero-order valence-corrected chi connectivity index (χ0v) is 12.0. The molecule has 1 aliphatic rings. The first-order valence-corrected chi connectivity index (χ1v) is 6.48. The Balaban J connectivity index is 0.00000289. The van der Waals surface area contributed by atoms with Crippen LogP contribution in [-0.2, 0) is 9.59 Å². The summed E-state index contributed by atoms with van der Waals surface area (Å²) >= 11 is 0. The van der Waals surface area contributed by atoms with E-state index in [0.29, 0.717) is 19.4 Å². The summed E-state index contributed by atoms with van der Waals surface area (Å²) in [5, 5.41) is 6.01. The van der Waals surface area contributed by atoms with E-state index in [9.17, 15) is 9.59 Å². The second-order valence-corrected chi connectivity index (χ2v) is 4.26. The third-order valence-electron chi connectivity index (χ3n) is 3.03. The Morgan fingerprint density at radius 3 is 2.61 bits per heavy atom. The number of nitrogens with one attached hydrogen (secondary N) is 2. The van der Waals surface area contributed by atoms with Crippen LogP contribution >= 0.6 is 12.4 Å². The molecule has 1 saturated heterocycles. The molecule has 0 aliphatic carbocycles. The van der Waals surface area contributed by atoms with Crippen LogP contribution in [0.5, 0.6) is 0 Å². The maximum atomic E-state index is 11.9. The molecule has 0 aromatic rings. The number of hydrogen-bond acceptors (Lipinski definition) is 3. The van der Waals surface area contributed by atoms with Crippen molar-refractivity contribution in [3.05, 3.63) is 0 Å². The molecule has 0 aromatic heterocycles. The van der Waals surface area contributed by atoms with Crippen LogP contribution in [0.15, 0.2) is 0 Å². The van der Waals surface area contributed by atoms with Crippen LogP contribution in [0.2, 0.25) is 0 Å². The Hall–Kier alpha value is -0.810. The summed E-state index contributed by atoms with van der Waals surface area (Å²) in [5.74, 6) is 0.0827. The Kier molecular flexibility index (Phi) is 8.75. The molecule has 106 valence electrons. The highest BCUT2D eigenvalue weighted by molar-refractivity contribution is 5.88. The second kappa shape index (κ2) is 9.16. The van der Waals surface area contributed by atoms with Crippen LogP contribution in [0.1, 0.15) is 33.1 Å². The summed E-state index contributed by atoms with van der Waals surface area (Å²) in [5.41, 5.74) is 0. The lowest BCUT2D eigenvalue weighted by atomic mass is 10.2. The minimum absolute atomic E-state index is 0. The van der Waals surface area contributed by atoms with Gasteiger partial charge in [-0.1, -0.05) is 13.8 Å². The minimum Gasteiger partial charge on any atom is -0.353 e. The van der Waals surface area contributed by atoms with Gasteiger partial charge in [0.1, 0.15) is 6.04 Å². The minimum atomic E-state index is -0.286. The van der Waals surface area contributed by atoms with E-state index in [1.54, 1.807) is 4.90 Å². The van der Waals surface area contributed by atoms with E-state index in [1.165, 1.54) is 0 Å². The highest BCUT2D eigenvalue weighted by atomic mass is 35.5. The van der Waals surface area contributed by atoms with E-state index >= 15 is 0 Å². The molecule has 1 aliphatic heterocycles.